The van der Waals surface area contributed by atoms with E-state index in [0.29, 0.717) is 25.6 Å². The predicted molar refractivity (Wildman–Crippen MR) is 144 cm³/mol. The number of hydrogen-bond donors (Lipinski definition) is 1. The topological polar surface area (TPSA) is 99.3 Å². The minimum Gasteiger partial charge on any atom is -0.381 e. The lowest BCUT2D eigenvalue weighted by Crippen LogP contribution is -2.34. The minimum absolute atomic E-state index is 0.0777. The number of carbonyl (C=O) groups is 4. The molecule has 0 aromatic rings. The van der Waals surface area contributed by atoms with E-state index in [-0.39, 0.29) is 47.8 Å². The first kappa shape index (κ1) is 31.1. The van der Waals surface area contributed by atoms with Gasteiger partial charge in [0.15, 0.2) is 0 Å². The number of ether oxygens (including phenoxy) is 1. The molecule has 37 heavy (non-hydrogen) atoms. The number of amides is 6. The molecule has 2 aliphatic rings. The third-order valence-corrected chi connectivity index (χ3v) is 7.82. The van der Waals surface area contributed by atoms with Gasteiger partial charge >= 0.3 is 12.1 Å². The Balaban J connectivity index is 1.55. The zero-order valence-electron chi connectivity index (χ0n) is 24.1. The van der Waals surface area contributed by atoms with Crippen LogP contribution in [0.3, 0.4) is 0 Å². The molecule has 1 N–H and O–H groups in total. The largest absolute Gasteiger partial charge is 0.381 e. The summed E-state index contributed by atoms with van der Waals surface area (Å²) in [6, 6.07) is -0.420. The van der Waals surface area contributed by atoms with Crippen LogP contribution in [0.4, 0.5) is 9.59 Å². The second kappa shape index (κ2) is 14.1. The van der Waals surface area contributed by atoms with E-state index in [9.17, 15) is 19.2 Å². The zero-order valence-corrected chi connectivity index (χ0v) is 24.1. The number of nitrogens with one attached hydrogen (secondary N) is 1. The average molecular weight is 523 g/mol. The molecular formula is C28H50N4O5. The molecule has 1 unspecified atom stereocenters. The highest BCUT2D eigenvalue weighted by molar-refractivity contribution is 6.02. The molecule has 0 aliphatic carbocycles. The summed E-state index contributed by atoms with van der Waals surface area (Å²) < 4.78 is 5.91. The number of likely N-dealkylation sites (N-methyl/N-ethyl adjacent to an activating group) is 1. The van der Waals surface area contributed by atoms with Gasteiger partial charge in [-0.25, -0.2) is 9.59 Å². The van der Waals surface area contributed by atoms with Gasteiger partial charge in [0.25, 0.3) is 0 Å². The van der Waals surface area contributed by atoms with Crippen molar-refractivity contribution in [1.82, 2.24) is 20.0 Å². The maximum absolute atomic E-state index is 12.2. The molecule has 9 nitrogen and oxygen atoms in total. The Morgan fingerprint density at radius 1 is 0.838 bits per heavy atom. The molecule has 0 radical (unpaired) electrons. The summed E-state index contributed by atoms with van der Waals surface area (Å²) >= 11 is 0. The van der Waals surface area contributed by atoms with Gasteiger partial charge in [0.1, 0.15) is 13.1 Å². The molecule has 0 bridgehead atoms. The summed E-state index contributed by atoms with van der Waals surface area (Å²) in [5.41, 5.74) is 0.309. The highest BCUT2D eigenvalue weighted by Gasteiger charge is 2.34. The number of carbonyl (C=O) groups excluding carboxylic acids is 4. The number of imide groups is 2. The Labute approximate surface area is 223 Å². The van der Waals surface area contributed by atoms with Crippen LogP contribution in [0, 0.1) is 16.7 Å². The van der Waals surface area contributed by atoms with Crippen molar-refractivity contribution >= 4 is 23.9 Å². The van der Waals surface area contributed by atoms with Crippen LogP contribution < -0.4 is 5.32 Å². The van der Waals surface area contributed by atoms with E-state index < -0.39 is 0 Å². The Morgan fingerprint density at radius 2 is 1.51 bits per heavy atom. The van der Waals surface area contributed by atoms with Crippen LogP contribution in [0.1, 0.15) is 92.9 Å². The summed E-state index contributed by atoms with van der Waals surface area (Å²) in [4.78, 5) is 52.0. The molecule has 9 heteroatoms. The van der Waals surface area contributed by atoms with Gasteiger partial charge in [-0.3, -0.25) is 19.8 Å². The minimum atomic E-state index is -0.274. The highest BCUT2D eigenvalue weighted by Crippen LogP contribution is 2.33. The van der Waals surface area contributed by atoms with Gasteiger partial charge in [-0.1, -0.05) is 41.0 Å². The van der Waals surface area contributed by atoms with E-state index in [4.69, 9.17) is 4.74 Å². The van der Waals surface area contributed by atoms with E-state index in [2.05, 4.69) is 39.9 Å². The molecule has 2 rings (SSSR count). The first-order valence-electron chi connectivity index (χ1n) is 14.1. The van der Waals surface area contributed by atoms with Crippen molar-refractivity contribution in [3.63, 3.8) is 0 Å². The van der Waals surface area contributed by atoms with Gasteiger partial charge in [0.2, 0.25) is 11.8 Å². The van der Waals surface area contributed by atoms with Crippen LogP contribution in [-0.4, -0.2) is 84.5 Å². The molecule has 0 aromatic heterocycles. The van der Waals surface area contributed by atoms with Crippen LogP contribution >= 0.6 is 0 Å². The van der Waals surface area contributed by atoms with E-state index in [1.165, 1.54) is 4.90 Å². The Hall–Kier alpha value is -2.16. The lowest BCUT2D eigenvalue weighted by Gasteiger charge is -2.32. The molecule has 2 aliphatic heterocycles. The van der Waals surface area contributed by atoms with Gasteiger partial charge in [-0.05, 0) is 68.6 Å². The van der Waals surface area contributed by atoms with E-state index >= 15 is 0 Å². The zero-order chi connectivity index (χ0) is 27.6. The summed E-state index contributed by atoms with van der Waals surface area (Å²) in [5.74, 6) is 0.162. The second-order valence-corrected chi connectivity index (χ2v) is 12.4. The molecule has 2 heterocycles. The van der Waals surface area contributed by atoms with Crippen molar-refractivity contribution < 1.29 is 23.9 Å². The molecular weight excluding hydrogens is 472 g/mol. The summed E-state index contributed by atoms with van der Waals surface area (Å²) in [5, 5.41) is 2.34. The van der Waals surface area contributed by atoms with Crippen LogP contribution in [0.25, 0.3) is 0 Å². The third kappa shape index (κ3) is 10.3. The Bertz CT molecular complexity index is 792. The summed E-state index contributed by atoms with van der Waals surface area (Å²) in [7, 11) is 0. The second-order valence-electron chi connectivity index (χ2n) is 12.4. The normalized spacial score (nSPS) is 17.8. The smallest absolute Gasteiger partial charge is 0.327 e. The summed E-state index contributed by atoms with van der Waals surface area (Å²) in [6.45, 7) is 16.7. The molecule has 6 amide bonds. The van der Waals surface area contributed by atoms with Crippen LogP contribution in [0.5, 0.6) is 0 Å². The standard InChI is InChI=1S/C28H50N4O5/c1-7-30-21-24(34)32(26(30)36)16-11-15-28(5,6)14-8-9-18-37-19-10-12-22(27(2,3)4)13-17-31-20-23(33)29-25(31)35/h22H,7-21H2,1-6H3,(H,29,33,35). The van der Waals surface area contributed by atoms with Gasteiger partial charge in [-0.2, -0.15) is 0 Å². The molecule has 2 saturated heterocycles. The monoisotopic (exact) mass is 522 g/mol. The molecule has 0 saturated carbocycles. The quantitative estimate of drug-likeness (QED) is 0.221. The Kier molecular flexibility index (Phi) is 11.9. The van der Waals surface area contributed by atoms with Gasteiger partial charge in [0, 0.05) is 32.8 Å². The Morgan fingerprint density at radius 3 is 2.11 bits per heavy atom. The van der Waals surface area contributed by atoms with Crippen molar-refractivity contribution in [2.24, 2.45) is 16.7 Å². The maximum Gasteiger partial charge on any atom is 0.327 e. The molecule has 212 valence electrons. The molecule has 0 spiro atoms. The van der Waals surface area contributed by atoms with E-state index in [1.807, 2.05) is 6.92 Å². The van der Waals surface area contributed by atoms with E-state index in [1.54, 1.807) is 9.80 Å². The SMILES string of the molecule is CCN1CC(=O)N(CCCC(C)(C)CCCCOCCCC(CCN2CC(=O)NC2=O)C(C)(C)C)C1=O. The van der Waals surface area contributed by atoms with Crippen molar-refractivity contribution in [2.75, 3.05) is 45.9 Å². The van der Waals surface area contributed by atoms with Crippen molar-refractivity contribution in [3.8, 4) is 0 Å². The first-order chi connectivity index (χ1) is 17.3. The van der Waals surface area contributed by atoms with Crippen molar-refractivity contribution in [3.05, 3.63) is 0 Å². The predicted octanol–water partition coefficient (Wildman–Crippen LogP) is 4.65. The van der Waals surface area contributed by atoms with Crippen LogP contribution in [0.15, 0.2) is 0 Å². The van der Waals surface area contributed by atoms with Crippen molar-refractivity contribution in [2.45, 2.75) is 92.9 Å². The number of rotatable bonds is 17. The third-order valence-electron chi connectivity index (χ3n) is 7.82. The maximum atomic E-state index is 12.2. The molecule has 0 aromatic carbocycles. The highest BCUT2D eigenvalue weighted by atomic mass is 16.5. The molecule has 2 fully saturated rings. The lowest BCUT2D eigenvalue weighted by atomic mass is 9.76. The van der Waals surface area contributed by atoms with Gasteiger partial charge < -0.3 is 14.5 Å². The number of hydrogen-bond acceptors (Lipinski definition) is 5. The van der Waals surface area contributed by atoms with E-state index in [0.717, 1.165) is 64.6 Å². The fourth-order valence-electron chi connectivity index (χ4n) is 5.23. The average Bonchev–Trinajstić information content (AvgIpc) is 3.27. The molecule has 1 atom stereocenters. The van der Waals surface area contributed by atoms with Crippen molar-refractivity contribution in [1.29, 1.82) is 0 Å². The van der Waals surface area contributed by atoms with Gasteiger partial charge in [-0.15, -0.1) is 0 Å². The van der Waals surface area contributed by atoms with Gasteiger partial charge in [0.05, 0.1) is 0 Å². The van der Waals surface area contributed by atoms with Crippen LogP contribution in [0.2, 0.25) is 0 Å². The van der Waals surface area contributed by atoms with Crippen LogP contribution in [-0.2, 0) is 14.3 Å². The number of nitrogens with zero attached hydrogens (tertiary/aromatic N) is 3. The summed E-state index contributed by atoms with van der Waals surface area (Å²) in [6.07, 6.45) is 7.96. The number of urea groups is 2. The first-order valence-corrected chi connectivity index (χ1v) is 14.1. The number of unbranched alkanes of at least 4 members (excludes halogenated alkanes) is 1. The lowest BCUT2D eigenvalue weighted by molar-refractivity contribution is -0.125. The fraction of sp³-hybridized carbons (Fsp3) is 0.857. The fourth-order valence-corrected chi connectivity index (χ4v) is 5.23.